The molecule has 92 valence electrons. The molecule has 0 fully saturated rings. The first-order chi connectivity index (χ1) is 6.90. The van der Waals surface area contributed by atoms with Gasteiger partial charge in [0.05, 0.1) is 6.10 Å². The molecule has 0 spiro atoms. The van der Waals surface area contributed by atoms with E-state index in [1.807, 2.05) is 0 Å². The van der Waals surface area contributed by atoms with Crippen molar-refractivity contribution < 1.29 is 4.74 Å². The van der Waals surface area contributed by atoms with E-state index >= 15 is 0 Å². The molecular formula is C14H30O. The van der Waals surface area contributed by atoms with Gasteiger partial charge in [-0.1, -0.05) is 34.6 Å². The molecule has 1 heteroatoms. The minimum atomic E-state index is 0.410. The molecule has 0 bridgehead atoms. The zero-order valence-corrected chi connectivity index (χ0v) is 11.7. The molecule has 0 aliphatic carbocycles. The quantitative estimate of drug-likeness (QED) is 0.611. The molecule has 15 heavy (non-hydrogen) atoms. The van der Waals surface area contributed by atoms with Crippen molar-refractivity contribution in [1.82, 2.24) is 0 Å². The van der Waals surface area contributed by atoms with Gasteiger partial charge in [-0.15, -0.1) is 0 Å². The van der Waals surface area contributed by atoms with Crippen molar-refractivity contribution in [3.05, 3.63) is 0 Å². The summed E-state index contributed by atoms with van der Waals surface area (Å²) in [4.78, 5) is 0. The molecule has 2 unspecified atom stereocenters. The van der Waals surface area contributed by atoms with Crippen LogP contribution >= 0.6 is 0 Å². The van der Waals surface area contributed by atoms with E-state index in [1.54, 1.807) is 7.11 Å². The van der Waals surface area contributed by atoms with Crippen molar-refractivity contribution in [3.63, 3.8) is 0 Å². The van der Waals surface area contributed by atoms with E-state index in [9.17, 15) is 0 Å². The molecule has 0 heterocycles. The van der Waals surface area contributed by atoms with E-state index < -0.39 is 0 Å². The lowest BCUT2D eigenvalue weighted by Gasteiger charge is -2.31. The SMILES string of the molecule is COC(C)CCC(C)C(C(C)C)C(C)C. The normalized spacial score (nSPS) is 16.4. The number of ether oxygens (including phenoxy) is 1. The highest BCUT2D eigenvalue weighted by atomic mass is 16.5. The van der Waals surface area contributed by atoms with Crippen molar-refractivity contribution in [2.45, 2.75) is 60.5 Å². The molecule has 0 N–H and O–H groups in total. The van der Waals surface area contributed by atoms with Gasteiger partial charge in [0.25, 0.3) is 0 Å². The lowest BCUT2D eigenvalue weighted by Crippen LogP contribution is -2.24. The molecule has 0 aliphatic heterocycles. The summed E-state index contributed by atoms with van der Waals surface area (Å²) in [5.74, 6) is 3.23. The summed E-state index contributed by atoms with van der Waals surface area (Å²) in [6.07, 6.45) is 2.89. The van der Waals surface area contributed by atoms with Crippen LogP contribution in [0.25, 0.3) is 0 Å². The summed E-state index contributed by atoms with van der Waals surface area (Å²) in [7, 11) is 1.80. The first-order valence-corrected chi connectivity index (χ1v) is 6.42. The zero-order valence-electron chi connectivity index (χ0n) is 11.7. The van der Waals surface area contributed by atoms with Gasteiger partial charge in [-0.25, -0.2) is 0 Å². The van der Waals surface area contributed by atoms with E-state index in [0.29, 0.717) is 6.10 Å². The molecular weight excluding hydrogens is 184 g/mol. The molecule has 0 aliphatic rings. The predicted octanol–water partition coefficient (Wildman–Crippen LogP) is 4.37. The molecule has 0 amide bonds. The lowest BCUT2D eigenvalue weighted by atomic mass is 9.75. The second-order valence-electron chi connectivity index (χ2n) is 5.67. The fraction of sp³-hybridized carbons (Fsp3) is 1.00. The van der Waals surface area contributed by atoms with Crippen molar-refractivity contribution in [2.24, 2.45) is 23.7 Å². The predicted molar refractivity (Wildman–Crippen MR) is 68.0 cm³/mol. The molecule has 0 aromatic carbocycles. The molecule has 0 rings (SSSR count). The number of hydrogen-bond donors (Lipinski definition) is 0. The molecule has 0 aromatic heterocycles. The Morgan fingerprint density at radius 1 is 0.800 bits per heavy atom. The van der Waals surface area contributed by atoms with Gasteiger partial charge >= 0.3 is 0 Å². The maximum Gasteiger partial charge on any atom is 0.0543 e. The van der Waals surface area contributed by atoms with E-state index in [4.69, 9.17) is 4.74 Å². The van der Waals surface area contributed by atoms with Gasteiger partial charge in [0.15, 0.2) is 0 Å². The van der Waals surface area contributed by atoms with Crippen LogP contribution in [-0.2, 0) is 4.74 Å². The van der Waals surface area contributed by atoms with Gasteiger partial charge in [0, 0.05) is 7.11 Å². The Morgan fingerprint density at radius 3 is 1.60 bits per heavy atom. The Labute approximate surface area is 96.6 Å². The van der Waals surface area contributed by atoms with Gasteiger partial charge in [0.2, 0.25) is 0 Å². The van der Waals surface area contributed by atoms with Crippen LogP contribution in [0.3, 0.4) is 0 Å². The van der Waals surface area contributed by atoms with Crippen LogP contribution in [-0.4, -0.2) is 13.2 Å². The second-order valence-corrected chi connectivity index (χ2v) is 5.67. The zero-order chi connectivity index (χ0) is 12.0. The Hall–Kier alpha value is -0.0400. The highest BCUT2D eigenvalue weighted by Crippen LogP contribution is 2.31. The van der Waals surface area contributed by atoms with Crippen LogP contribution in [0.15, 0.2) is 0 Å². The molecule has 2 atom stereocenters. The monoisotopic (exact) mass is 214 g/mol. The van der Waals surface area contributed by atoms with E-state index in [-0.39, 0.29) is 0 Å². The number of methoxy groups -OCH3 is 1. The van der Waals surface area contributed by atoms with Gasteiger partial charge in [-0.05, 0) is 43.4 Å². The first-order valence-electron chi connectivity index (χ1n) is 6.42. The van der Waals surface area contributed by atoms with Crippen molar-refractivity contribution in [1.29, 1.82) is 0 Å². The summed E-state index contributed by atoms with van der Waals surface area (Å²) in [5, 5.41) is 0. The van der Waals surface area contributed by atoms with Crippen molar-refractivity contribution >= 4 is 0 Å². The molecule has 0 saturated carbocycles. The van der Waals surface area contributed by atoms with Gasteiger partial charge < -0.3 is 4.74 Å². The molecule has 0 radical (unpaired) electrons. The van der Waals surface area contributed by atoms with E-state index in [0.717, 1.165) is 23.7 Å². The van der Waals surface area contributed by atoms with Crippen LogP contribution in [0.2, 0.25) is 0 Å². The lowest BCUT2D eigenvalue weighted by molar-refractivity contribution is 0.0938. The Bertz CT molecular complexity index is 143. The fourth-order valence-corrected chi connectivity index (χ4v) is 2.89. The van der Waals surface area contributed by atoms with Crippen LogP contribution in [0, 0.1) is 23.7 Å². The largest absolute Gasteiger partial charge is 0.382 e. The highest BCUT2D eigenvalue weighted by Gasteiger charge is 2.23. The van der Waals surface area contributed by atoms with Crippen LogP contribution < -0.4 is 0 Å². The summed E-state index contributed by atoms with van der Waals surface area (Å²) in [6, 6.07) is 0. The third-order valence-corrected chi connectivity index (χ3v) is 3.63. The first kappa shape index (κ1) is 15.0. The van der Waals surface area contributed by atoms with Gasteiger partial charge in [-0.3, -0.25) is 0 Å². The van der Waals surface area contributed by atoms with Crippen LogP contribution in [0.1, 0.15) is 54.4 Å². The van der Waals surface area contributed by atoms with E-state index in [1.165, 1.54) is 12.8 Å². The third-order valence-electron chi connectivity index (χ3n) is 3.63. The summed E-state index contributed by atoms with van der Waals surface area (Å²) in [6.45, 7) is 13.9. The minimum absolute atomic E-state index is 0.410. The molecule has 0 saturated heterocycles. The molecule has 0 aromatic rings. The third kappa shape index (κ3) is 5.55. The highest BCUT2D eigenvalue weighted by molar-refractivity contribution is 4.73. The standard InChI is InChI=1S/C14H30O/c1-10(2)14(11(3)4)12(5)8-9-13(6)15-7/h10-14H,8-9H2,1-7H3. The maximum atomic E-state index is 5.30. The van der Waals surface area contributed by atoms with Crippen molar-refractivity contribution in [3.8, 4) is 0 Å². The Morgan fingerprint density at radius 2 is 1.27 bits per heavy atom. The molecule has 1 nitrogen and oxygen atoms in total. The number of rotatable bonds is 7. The summed E-state index contributed by atoms with van der Waals surface area (Å²) < 4.78 is 5.30. The Kier molecular flexibility index (Phi) is 7.25. The summed E-state index contributed by atoms with van der Waals surface area (Å²) in [5.41, 5.74) is 0. The Balaban J connectivity index is 4.09. The van der Waals surface area contributed by atoms with Crippen molar-refractivity contribution in [2.75, 3.05) is 7.11 Å². The number of hydrogen-bond acceptors (Lipinski definition) is 1. The van der Waals surface area contributed by atoms with E-state index in [2.05, 4.69) is 41.5 Å². The topological polar surface area (TPSA) is 9.23 Å². The van der Waals surface area contributed by atoms with Crippen LogP contribution in [0.4, 0.5) is 0 Å². The van der Waals surface area contributed by atoms with Gasteiger partial charge in [-0.2, -0.15) is 0 Å². The average molecular weight is 214 g/mol. The smallest absolute Gasteiger partial charge is 0.0543 e. The maximum absolute atomic E-state index is 5.30. The van der Waals surface area contributed by atoms with Gasteiger partial charge in [0.1, 0.15) is 0 Å². The second kappa shape index (κ2) is 7.27. The van der Waals surface area contributed by atoms with Crippen LogP contribution in [0.5, 0.6) is 0 Å². The summed E-state index contributed by atoms with van der Waals surface area (Å²) >= 11 is 0. The average Bonchev–Trinajstić information content (AvgIpc) is 2.12. The minimum Gasteiger partial charge on any atom is -0.382 e. The fourth-order valence-electron chi connectivity index (χ4n) is 2.89.